The minimum absolute atomic E-state index is 0.393. The summed E-state index contributed by atoms with van der Waals surface area (Å²) >= 11 is 12.7. The zero-order valence-electron chi connectivity index (χ0n) is 24.1. The molecular weight excluding hydrogens is 601 g/mol. The highest BCUT2D eigenvalue weighted by molar-refractivity contribution is 6.35. The van der Waals surface area contributed by atoms with E-state index in [1.54, 1.807) is 13.3 Å². The van der Waals surface area contributed by atoms with Gasteiger partial charge in [0.25, 0.3) is 0 Å². The predicted octanol–water partition coefficient (Wildman–Crippen LogP) is 5.25. The van der Waals surface area contributed by atoms with Crippen molar-refractivity contribution in [1.82, 2.24) is 29.9 Å². The van der Waals surface area contributed by atoms with Crippen LogP contribution in [0, 0.1) is 11.3 Å². The maximum atomic E-state index is 10.1. The average Bonchev–Trinajstić information content (AvgIpc) is 3.72. The quantitative estimate of drug-likeness (QED) is 0.235. The van der Waals surface area contributed by atoms with Crippen LogP contribution in [0.15, 0.2) is 43.0 Å². The number of nitrogens with one attached hydrogen (secondary N) is 1. The number of fused-ring (bicyclic) bond motifs is 2. The number of aromatic nitrogens is 6. The zero-order valence-corrected chi connectivity index (χ0v) is 25.7. The van der Waals surface area contributed by atoms with Crippen molar-refractivity contribution in [1.29, 1.82) is 5.26 Å². The number of hydrogen-bond acceptors (Lipinski definition) is 9. The van der Waals surface area contributed by atoms with Gasteiger partial charge in [-0.1, -0.05) is 23.2 Å². The second-order valence-electron chi connectivity index (χ2n) is 11.4. The van der Waals surface area contributed by atoms with E-state index in [-0.39, 0.29) is 0 Å². The Labute approximate surface area is 263 Å². The largest absolute Gasteiger partial charge is 0.493 e. The Morgan fingerprint density at radius 2 is 1.93 bits per heavy atom. The van der Waals surface area contributed by atoms with E-state index in [0.29, 0.717) is 62.8 Å². The maximum absolute atomic E-state index is 10.1. The van der Waals surface area contributed by atoms with Gasteiger partial charge in [-0.3, -0.25) is 14.8 Å². The molecule has 6 heterocycles. The lowest BCUT2D eigenvalue weighted by Crippen LogP contribution is -2.69. The van der Waals surface area contributed by atoms with E-state index < -0.39 is 11.6 Å². The fourth-order valence-corrected chi connectivity index (χ4v) is 6.98. The third-order valence-corrected chi connectivity index (χ3v) is 8.98. The molecule has 2 aliphatic heterocycles. The molecule has 2 aliphatic rings. The van der Waals surface area contributed by atoms with Crippen LogP contribution in [0.25, 0.3) is 22.2 Å². The molecular formula is C31H29Cl2N9O2. The number of aromatic amines is 1. The summed E-state index contributed by atoms with van der Waals surface area (Å²) in [5.74, 6) is 1.60. The lowest BCUT2D eigenvalue weighted by atomic mass is 9.84. The summed E-state index contributed by atoms with van der Waals surface area (Å²) in [7, 11) is 1.57. The van der Waals surface area contributed by atoms with Crippen molar-refractivity contribution < 1.29 is 9.47 Å². The minimum atomic E-state index is -0.493. The van der Waals surface area contributed by atoms with Crippen molar-refractivity contribution in [2.24, 2.45) is 5.73 Å². The highest BCUT2D eigenvalue weighted by Gasteiger charge is 2.42. The molecule has 0 bridgehead atoms. The second-order valence-corrected chi connectivity index (χ2v) is 12.3. The van der Waals surface area contributed by atoms with E-state index >= 15 is 0 Å². The Balaban J connectivity index is 1.14. The first kappa shape index (κ1) is 28.4. The molecule has 1 fully saturated rings. The van der Waals surface area contributed by atoms with Crippen LogP contribution >= 0.6 is 23.2 Å². The highest BCUT2D eigenvalue weighted by atomic mass is 35.5. The number of methoxy groups -OCH3 is 1. The Morgan fingerprint density at radius 3 is 2.68 bits per heavy atom. The van der Waals surface area contributed by atoms with Crippen molar-refractivity contribution in [3.05, 3.63) is 75.4 Å². The second kappa shape index (κ2) is 11.0. The summed E-state index contributed by atoms with van der Waals surface area (Å²) in [6.45, 7) is 4.04. The number of anilines is 1. The number of ether oxygens (including phenoxy) is 2. The smallest absolute Gasteiger partial charge is 0.162 e. The fraction of sp³-hybridized carbons (Fsp3) is 0.323. The Hall–Kier alpha value is -4.37. The Bertz CT molecular complexity index is 1920. The van der Waals surface area contributed by atoms with Crippen molar-refractivity contribution in [3.63, 3.8) is 0 Å². The van der Waals surface area contributed by atoms with E-state index in [1.165, 1.54) is 23.7 Å². The molecule has 5 aromatic rings. The van der Waals surface area contributed by atoms with E-state index in [9.17, 15) is 5.26 Å². The summed E-state index contributed by atoms with van der Waals surface area (Å²) in [5, 5.41) is 23.8. The van der Waals surface area contributed by atoms with Crippen molar-refractivity contribution in [2.75, 3.05) is 25.1 Å². The molecule has 0 amide bonds. The molecule has 4 aromatic heterocycles. The number of rotatable bonds is 8. The third kappa shape index (κ3) is 4.89. The van der Waals surface area contributed by atoms with Crippen molar-refractivity contribution >= 4 is 39.9 Å². The maximum Gasteiger partial charge on any atom is 0.162 e. The third-order valence-electron chi connectivity index (χ3n) is 8.38. The molecule has 1 saturated heterocycles. The minimum Gasteiger partial charge on any atom is -0.493 e. The van der Waals surface area contributed by atoms with Crippen molar-refractivity contribution in [3.8, 4) is 28.8 Å². The van der Waals surface area contributed by atoms with Crippen LogP contribution in [-0.2, 0) is 19.4 Å². The van der Waals surface area contributed by atoms with E-state index in [4.69, 9.17) is 43.4 Å². The number of pyridine rings is 2. The van der Waals surface area contributed by atoms with Gasteiger partial charge in [0, 0.05) is 66.5 Å². The zero-order chi connectivity index (χ0) is 30.6. The van der Waals surface area contributed by atoms with Gasteiger partial charge < -0.3 is 20.1 Å². The predicted molar refractivity (Wildman–Crippen MR) is 167 cm³/mol. The molecule has 224 valence electrons. The first-order chi connectivity index (χ1) is 21.3. The molecule has 1 atom stereocenters. The van der Waals surface area contributed by atoms with Gasteiger partial charge in [-0.15, -0.1) is 0 Å². The Kier molecular flexibility index (Phi) is 7.08. The van der Waals surface area contributed by atoms with Gasteiger partial charge in [-0.05, 0) is 43.9 Å². The summed E-state index contributed by atoms with van der Waals surface area (Å²) in [5.41, 5.74) is 12.0. The van der Waals surface area contributed by atoms with Crippen LogP contribution in [0.5, 0.6) is 11.5 Å². The van der Waals surface area contributed by atoms with Crippen LogP contribution in [0.1, 0.15) is 41.8 Å². The molecule has 0 aliphatic carbocycles. The topological polar surface area (TPSA) is 144 Å². The molecule has 0 saturated carbocycles. The molecule has 7 rings (SSSR count). The van der Waals surface area contributed by atoms with E-state index in [0.717, 1.165) is 36.7 Å². The summed E-state index contributed by atoms with van der Waals surface area (Å²) in [6.07, 6.45) is 9.17. The van der Waals surface area contributed by atoms with Crippen LogP contribution < -0.4 is 20.1 Å². The SMILES string of the molecule is COc1cc2[nH]nc(-c3cnc(N4CC(N)(Cc5cnn6c5CCC6)C4)c(C#N)c3)c2cc1O[C@H](C)c1c(Cl)cncc1Cl. The summed E-state index contributed by atoms with van der Waals surface area (Å²) in [4.78, 5) is 10.8. The summed E-state index contributed by atoms with van der Waals surface area (Å²) in [6, 6.07) is 7.78. The first-order valence-electron chi connectivity index (χ1n) is 14.3. The van der Waals surface area contributed by atoms with Gasteiger partial charge in [0.2, 0.25) is 0 Å². The lowest BCUT2D eigenvalue weighted by molar-refractivity contribution is 0.216. The van der Waals surface area contributed by atoms with E-state index in [2.05, 4.69) is 35.9 Å². The van der Waals surface area contributed by atoms with Gasteiger partial charge in [0.05, 0.1) is 40.0 Å². The number of H-pyrrole nitrogens is 1. The average molecular weight is 631 g/mol. The number of halogens is 2. The number of aryl methyl sites for hydroxylation is 1. The number of nitrogens with two attached hydrogens (primary N) is 1. The number of nitriles is 1. The van der Waals surface area contributed by atoms with Crippen LogP contribution in [-0.4, -0.2) is 55.7 Å². The van der Waals surface area contributed by atoms with Gasteiger partial charge in [-0.2, -0.15) is 15.5 Å². The number of hydrogen-bond donors (Lipinski definition) is 2. The monoisotopic (exact) mass is 629 g/mol. The van der Waals surface area contributed by atoms with Gasteiger partial charge >= 0.3 is 0 Å². The van der Waals surface area contributed by atoms with Crippen LogP contribution in [0.3, 0.4) is 0 Å². The standard InChI is InChI=1S/C31H29Cl2N9O2/c1-17(28-22(32)13-36-14-23(28)33)44-27-7-21-24(8-26(27)43-2)39-40-29(21)19-6-18(10-34)30(37-11-19)41-15-31(35,16-41)9-20-12-38-42-5-3-4-25(20)42/h6-8,11-14,17H,3-5,9,15-16,35H2,1-2H3,(H,39,40)/t17-/m1/s1. The normalized spacial score (nSPS) is 16.0. The highest BCUT2D eigenvalue weighted by Crippen LogP contribution is 2.40. The molecule has 13 heteroatoms. The Morgan fingerprint density at radius 1 is 1.14 bits per heavy atom. The summed E-state index contributed by atoms with van der Waals surface area (Å²) < 4.78 is 14.0. The lowest BCUT2D eigenvalue weighted by Gasteiger charge is -2.48. The number of benzene rings is 1. The molecule has 1 aromatic carbocycles. The van der Waals surface area contributed by atoms with Crippen LogP contribution in [0.4, 0.5) is 5.82 Å². The fourth-order valence-electron chi connectivity index (χ4n) is 6.31. The molecule has 0 radical (unpaired) electrons. The van der Waals surface area contributed by atoms with Crippen molar-refractivity contribution in [2.45, 2.75) is 44.4 Å². The number of nitrogens with zero attached hydrogens (tertiary/aromatic N) is 7. The molecule has 11 nitrogen and oxygen atoms in total. The van der Waals surface area contributed by atoms with Gasteiger partial charge in [0.15, 0.2) is 11.5 Å². The molecule has 0 unspecified atom stereocenters. The first-order valence-corrected chi connectivity index (χ1v) is 15.0. The van der Waals surface area contributed by atoms with E-state index in [1.807, 2.05) is 31.3 Å². The molecule has 44 heavy (non-hydrogen) atoms. The van der Waals surface area contributed by atoms with Crippen LogP contribution in [0.2, 0.25) is 10.0 Å². The van der Waals surface area contributed by atoms with Gasteiger partial charge in [-0.25, -0.2) is 4.98 Å². The molecule has 3 N–H and O–H groups in total. The molecule has 0 spiro atoms. The van der Waals surface area contributed by atoms with Gasteiger partial charge in [0.1, 0.15) is 23.7 Å².